The second kappa shape index (κ2) is 6.31. The van der Waals surface area contributed by atoms with E-state index < -0.39 is 0 Å². The van der Waals surface area contributed by atoms with Crippen molar-refractivity contribution in [2.24, 2.45) is 5.92 Å². The number of hydrogen-bond donors (Lipinski definition) is 1. The molecular formula is C19H22O2. The summed E-state index contributed by atoms with van der Waals surface area (Å²) >= 11 is 0. The zero-order chi connectivity index (χ0) is 14.7. The number of aryl methyl sites for hydroxylation is 1. The topological polar surface area (TPSA) is 29.5 Å². The molecule has 2 aromatic carbocycles. The molecule has 1 aliphatic carbocycles. The van der Waals surface area contributed by atoms with Gasteiger partial charge in [-0.15, -0.1) is 0 Å². The average Bonchev–Trinajstić information content (AvgIpc) is 2.68. The summed E-state index contributed by atoms with van der Waals surface area (Å²) in [5.41, 5.74) is 3.65. The predicted octanol–water partition coefficient (Wildman–Crippen LogP) is 3.92. The molecule has 0 fully saturated rings. The molecule has 0 amide bonds. The molecule has 0 radical (unpaired) electrons. The standard InChI is InChI=1S/C19H22O2/c1-21-17-10-4-6-14(13-17)12-16-9-5-8-15-7-2-3-11-18(15)19(16)20/h2-4,6-7,10-11,13,16,19-20H,5,8-9,12H2,1H3/t16-,19-/m1/s1. The maximum absolute atomic E-state index is 10.8. The van der Waals surface area contributed by atoms with Crippen LogP contribution in [0.5, 0.6) is 5.75 Å². The monoisotopic (exact) mass is 282 g/mol. The van der Waals surface area contributed by atoms with E-state index in [9.17, 15) is 5.11 Å². The van der Waals surface area contributed by atoms with Crippen LogP contribution in [0.15, 0.2) is 48.5 Å². The van der Waals surface area contributed by atoms with Gasteiger partial charge < -0.3 is 9.84 Å². The molecule has 0 aliphatic heterocycles. The zero-order valence-corrected chi connectivity index (χ0v) is 12.5. The van der Waals surface area contributed by atoms with Gasteiger partial charge in [-0.05, 0) is 60.4 Å². The maximum atomic E-state index is 10.8. The van der Waals surface area contributed by atoms with Crippen LogP contribution in [0.25, 0.3) is 0 Å². The van der Waals surface area contributed by atoms with Crippen molar-refractivity contribution >= 4 is 0 Å². The van der Waals surface area contributed by atoms with E-state index in [0.717, 1.165) is 37.0 Å². The van der Waals surface area contributed by atoms with Crippen LogP contribution in [0.4, 0.5) is 0 Å². The third-order valence-electron chi connectivity index (χ3n) is 4.47. The van der Waals surface area contributed by atoms with E-state index >= 15 is 0 Å². The summed E-state index contributed by atoms with van der Waals surface area (Å²) in [6.07, 6.45) is 3.81. The Morgan fingerprint density at radius 2 is 2.00 bits per heavy atom. The van der Waals surface area contributed by atoms with Crippen molar-refractivity contribution in [3.8, 4) is 5.75 Å². The molecule has 1 N–H and O–H groups in total. The van der Waals surface area contributed by atoms with E-state index in [-0.39, 0.29) is 12.0 Å². The van der Waals surface area contributed by atoms with E-state index in [1.165, 1.54) is 11.1 Å². The number of rotatable bonds is 3. The number of fused-ring (bicyclic) bond motifs is 1. The highest BCUT2D eigenvalue weighted by Crippen LogP contribution is 2.35. The van der Waals surface area contributed by atoms with E-state index in [4.69, 9.17) is 4.74 Å². The number of ether oxygens (including phenoxy) is 1. The molecule has 21 heavy (non-hydrogen) atoms. The minimum absolute atomic E-state index is 0.278. The molecule has 0 aromatic heterocycles. The van der Waals surface area contributed by atoms with Crippen LogP contribution in [-0.2, 0) is 12.8 Å². The van der Waals surface area contributed by atoms with Crippen molar-refractivity contribution in [3.63, 3.8) is 0 Å². The molecule has 1 aliphatic rings. The Balaban J connectivity index is 1.82. The number of aliphatic hydroxyl groups is 1. The molecule has 110 valence electrons. The van der Waals surface area contributed by atoms with Crippen LogP contribution in [0.1, 0.15) is 35.6 Å². The summed E-state index contributed by atoms with van der Waals surface area (Å²) in [5, 5.41) is 10.8. The number of aliphatic hydroxyl groups excluding tert-OH is 1. The molecular weight excluding hydrogens is 260 g/mol. The third kappa shape index (κ3) is 3.11. The van der Waals surface area contributed by atoms with Crippen molar-refractivity contribution in [2.45, 2.75) is 31.8 Å². The van der Waals surface area contributed by atoms with Crippen LogP contribution >= 0.6 is 0 Å². The van der Waals surface area contributed by atoms with Crippen molar-refractivity contribution in [1.29, 1.82) is 0 Å². The van der Waals surface area contributed by atoms with E-state index in [1.54, 1.807) is 7.11 Å². The minimum Gasteiger partial charge on any atom is -0.497 e. The van der Waals surface area contributed by atoms with Crippen molar-refractivity contribution in [2.75, 3.05) is 7.11 Å². The predicted molar refractivity (Wildman–Crippen MR) is 84.5 cm³/mol. The SMILES string of the molecule is COc1cccc(C[C@H]2CCCc3ccccc3[C@@H]2O)c1. The normalized spacial score (nSPS) is 21.4. The van der Waals surface area contributed by atoms with Crippen molar-refractivity contribution in [3.05, 3.63) is 65.2 Å². The van der Waals surface area contributed by atoms with E-state index in [0.29, 0.717) is 0 Å². The molecule has 3 rings (SSSR count). The first-order valence-electron chi connectivity index (χ1n) is 7.66. The second-order valence-corrected chi connectivity index (χ2v) is 5.85. The van der Waals surface area contributed by atoms with Gasteiger partial charge in [0.2, 0.25) is 0 Å². The largest absolute Gasteiger partial charge is 0.497 e. The van der Waals surface area contributed by atoms with Gasteiger partial charge in [0.15, 0.2) is 0 Å². The molecule has 2 heteroatoms. The Morgan fingerprint density at radius 1 is 1.14 bits per heavy atom. The highest BCUT2D eigenvalue weighted by atomic mass is 16.5. The number of benzene rings is 2. The first-order valence-corrected chi connectivity index (χ1v) is 7.66. The Labute approximate surface area is 126 Å². The van der Waals surface area contributed by atoms with Gasteiger partial charge in [0, 0.05) is 0 Å². The summed E-state index contributed by atoms with van der Waals surface area (Å²) < 4.78 is 5.29. The van der Waals surface area contributed by atoms with Gasteiger partial charge in [-0.25, -0.2) is 0 Å². The highest BCUT2D eigenvalue weighted by Gasteiger charge is 2.25. The summed E-state index contributed by atoms with van der Waals surface area (Å²) in [7, 11) is 1.69. The molecule has 0 saturated carbocycles. The lowest BCUT2D eigenvalue weighted by Gasteiger charge is -2.22. The molecule has 0 heterocycles. The van der Waals surface area contributed by atoms with Crippen LogP contribution < -0.4 is 4.74 Å². The fourth-order valence-corrected chi connectivity index (χ4v) is 3.33. The smallest absolute Gasteiger partial charge is 0.119 e. The lowest BCUT2D eigenvalue weighted by atomic mass is 9.88. The summed E-state index contributed by atoms with van der Waals surface area (Å²) in [6, 6.07) is 16.5. The lowest BCUT2D eigenvalue weighted by Crippen LogP contribution is -2.14. The van der Waals surface area contributed by atoms with Gasteiger partial charge in [-0.2, -0.15) is 0 Å². The van der Waals surface area contributed by atoms with E-state index in [1.807, 2.05) is 18.2 Å². The fourth-order valence-electron chi connectivity index (χ4n) is 3.33. The lowest BCUT2D eigenvalue weighted by molar-refractivity contribution is 0.105. The van der Waals surface area contributed by atoms with Gasteiger partial charge in [-0.3, -0.25) is 0 Å². The van der Waals surface area contributed by atoms with Crippen LogP contribution in [0.3, 0.4) is 0 Å². The zero-order valence-electron chi connectivity index (χ0n) is 12.5. The van der Waals surface area contributed by atoms with Crippen molar-refractivity contribution in [1.82, 2.24) is 0 Å². The highest BCUT2D eigenvalue weighted by molar-refractivity contribution is 5.32. The molecule has 2 aromatic rings. The number of hydrogen-bond acceptors (Lipinski definition) is 2. The van der Waals surface area contributed by atoms with Gasteiger partial charge >= 0.3 is 0 Å². The Kier molecular flexibility index (Phi) is 4.26. The Bertz CT molecular complexity index is 606. The average molecular weight is 282 g/mol. The number of methoxy groups -OCH3 is 1. The Morgan fingerprint density at radius 3 is 2.86 bits per heavy atom. The van der Waals surface area contributed by atoms with Gasteiger partial charge in [0.25, 0.3) is 0 Å². The molecule has 2 atom stereocenters. The summed E-state index contributed by atoms with van der Waals surface area (Å²) in [6.45, 7) is 0. The fraction of sp³-hybridized carbons (Fsp3) is 0.368. The first kappa shape index (κ1) is 14.2. The summed E-state index contributed by atoms with van der Waals surface area (Å²) in [4.78, 5) is 0. The molecule has 2 nitrogen and oxygen atoms in total. The minimum atomic E-state index is -0.366. The quantitative estimate of drug-likeness (QED) is 0.865. The van der Waals surface area contributed by atoms with Crippen LogP contribution in [0, 0.1) is 5.92 Å². The van der Waals surface area contributed by atoms with Crippen LogP contribution in [-0.4, -0.2) is 12.2 Å². The van der Waals surface area contributed by atoms with Gasteiger partial charge in [0.1, 0.15) is 5.75 Å². The molecule has 0 bridgehead atoms. The van der Waals surface area contributed by atoms with E-state index in [2.05, 4.69) is 30.3 Å². The van der Waals surface area contributed by atoms with Gasteiger partial charge in [0.05, 0.1) is 13.2 Å². The molecule has 0 unspecified atom stereocenters. The first-order chi connectivity index (χ1) is 10.3. The van der Waals surface area contributed by atoms with Crippen LogP contribution in [0.2, 0.25) is 0 Å². The Hall–Kier alpha value is -1.80. The third-order valence-corrected chi connectivity index (χ3v) is 4.47. The second-order valence-electron chi connectivity index (χ2n) is 5.85. The molecule has 0 saturated heterocycles. The molecule has 0 spiro atoms. The summed E-state index contributed by atoms with van der Waals surface area (Å²) in [5.74, 6) is 1.16. The van der Waals surface area contributed by atoms with Gasteiger partial charge in [-0.1, -0.05) is 36.4 Å². The maximum Gasteiger partial charge on any atom is 0.119 e. The van der Waals surface area contributed by atoms with Crippen molar-refractivity contribution < 1.29 is 9.84 Å².